The Hall–Kier alpha value is -2.18. The summed E-state index contributed by atoms with van der Waals surface area (Å²) >= 11 is 0. The molecule has 132 valence electrons. The number of carbonyl (C=O) groups excluding carboxylic acids is 2. The van der Waals surface area contributed by atoms with Gasteiger partial charge in [0.1, 0.15) is 0 Å². The predicted octanol–water partition coefficient (Wildman–Crippen LogP) is 2.66. The minimum Gasteiger partial charge on any atom is -0.469 e. The summed E-state index contributed by atoms with van der Waals surface area (Å²) in [6.07, 6.45) is 1.16. The van der Waals surface area contributed by atoms with Gasteiger partial charge in [0.05, 0.1) is 13.0 Å². The van der Waals surface area contributed by atoms with E-state index in [1.165, 1.54) is 13.2 Å². The molecule has 0 unspecified atom stereocenters. The highest BCUT2D eigenvalue weighted by Crippen LogP contribution is 2.20. The molecule has 2 rings (SSSR count). The SMILES string of the molecule is COC(=O)C1CCN(C(=O)NC[C@@H](C)c2ccc(F)c(F)c2)CC1. The van der Waals surface area contributed by atoms with Gasteiger partial charge in [-0.25, -0.2) is 13.6 Å². The highest BCUT2D eigenvalue weighted by atomic mass is 19.2. The van der Waals surface area contributed by atoms with Crippen molar-refractivity contribution in [2.75, 3.05) is 26.7 Å². The molecule has 2 amide bonds. The Morgan fingerprint density at radius 1 is 1.29 bits per heavy atom. The van der Waals surface area contributed by atoms with Crippen LogP contribution in [0, 0.1) is 17.6 Å². The molecule has 0 saturated carbocycles. The summed E-state index contributed by atoms with van der Waals surface area (Å²) in [7, 11) is 1.36. The molecule has 5 nitrogen and oxygen atoms in total. The second kappa shape index (κ2) is 8.08. The van der Waals surface area contributed by atoms with Gasteiger partial charge >= 0.3 is 12.0 Å². The Balaban J connectivity index is 1.81. The third-order valence-corrected chi connectivity index (χ3v) is 4.39. The van der Waals surface area contributed by atoms with Crippen LogP contribution in [0.5, 0.6) is 0 Å². The van der Waals surface area contributed by atoms with E-state index in [1.807, 2.05) is 6.92 Å². The van der Waals surface area contributed by atoms with Gasteiger partial charge in [-0.1, -0.05) is 13.0 Å². The van der Waals surface area contributed by atoms with Crippen LogP contribution in [0.1, 0.15) is 31.2 Å². The molecule has 1 fully saturated rings. The van der Waals surface area contributed by atoms with E-state index in [9.17, 15) is 18.4 Å². The van der Waals surface area contributed by atoms with Gasteiger partial charge in [-0.05, 0) is 36.5 Å². The molecule has 0 aromatic heterocycles. The number of nitrogens with one attached hydrogen (secondary N) is 1. The van der Waals surface area contributed by atoms with Crippen molar-refractivity contribution in [3.8, 4) is 0 Å². The number of likely N-dealkylation sites (tertiary alicyclic amines) is 1. The van der Waals surface area contributed by atoms with Crippen LogP contribution in [0.15, 0.2) is 18.2 Å². The molecule has 7 heteroatoms. The van der Waals surface area contributed by atoms with Crippen molar-refractivity contribution >= 4 is 12.0 Å². The first-order valence-electron chi connectivity index (χ1n) is 7.98. The number of carbonyl (C=O) groups is 2. The van der Waals surface area contributed by atoms with Crippen LogP contribution in [0.25, 0.3) is 0 Å². The first-order valence-corrected chi connectivity index (χ1v) is 7.98. The predicted molar refractivity (Wildman–Crippen MR) is 84.5 cm³/mol. The lowest BCUT2D eigenvalue weighted by molar-refractivity contribution is -0.146. The molecular formula is C17H22F2N2O3. The summed E-state index contributed by atoms with van der Waals surface area (Å²) in [6, 6.07) is 3.53. The van der Waals surface area contributed by atoms with Gasteiger partial charge < -0.3 is 15.0 Å². The van der Waals surface area contributed by atoms with Crippen molar-refractivity contribution in [1.29, 1.82) is 0 Å². The Morgan fingerprint density at radius 3 is 2.54 bits per heavy atom. The zero-order valence-corrected chi connectivity index (χ0v) is 13.9. The number of hydrogen-bond acceptors (Lipinski definition) is 3. The fraction of sp³-hybridized carbons (Fsp3) is 0.529. The van der Waals surface area contributed by atoms with Gasteiger partial charge in [0, 0.05) is 19.6 Å². The third kappa shape index (κ3) is 4.43. The Bertz CT molecular complexity index is 601. The lowest BCUT2D eigenvalue weighted by Gasteiger charge is -2.31. The average molecular weight is 340 g/mol. The minimum atomic E-state index is -0.893. The smallest absolute Gasteiger partial charge is 0.317 e. The summed E-state index contributed by atoms with van der Waals surface area (Å²) in [5.74, 6) is -2.31. The lowest BCUT2D eigenvalue weighted by Crippen LogP contribution is -2.46. The van der Waals surface area contributed by atoms with Crippen LogP contribution in [0.4, 0.5) is 13.6 Å². The van der Waals surface area contributed by atoms with Crippen LogP contribution < -0.4 is 5.32 Å². The van der Waals surface area contributed by atoms with Crippen LogP contribution in [-0.2, 0) is 9.53 Å². The number of urea groups is 1. The first-order chi connectivity index (χ1) is 11.4. The lowest BCUT2D eigenvalue weighted by atomic mass is 9.97. The van der Waals surface area contributed by atoms with E-state index in [0.717, 1.165) is 12.1 Å². The summed E-state index contributed by atoms with van der Waals surface area (Å²) in [5.41, 5.74) is 0.624. The third-order valence-electron chi connectivity index (χ3n) is 4.39. The van der Waals surface area contributed by atoms with Gasteiger partial charge in [-0.2, -0.15) is 0 Å². The van der Waals surface area contributed by atoms with Crippen molar-refractivity contribution in [3.63, 3.8) is 0 Å². The van der Waals surface area contributed by atoms with Crippen molar-refractivity contribution in [1.82, 2.24) is 10.2 Å². The van der Waals surface area contributed by atoms with Crippen LogP contribution in [0.2, 0.25) is 0 Å². The number of piperidine rings is 1. The number of nitrogens with zero attached hydrogens (tertiary/aromatic N) is 1. The van der Waals surface area contributed by atoms with E-state index < -0.39 is 11.6 Å². The summed E-state index contributed by atoms with van der Waals surface area (Å²) in [4.78, 5) is 25.3. The molecule has 1 aromatic carbocycles. The number of ether oxygens (including phenoxy) is 1. The van der Waals surface area contributed by atoms with Crippen LogP contribution in [-0.4, -0.2) is 43.6 Å². The Morgan fingerprint density at radius 2 is 1.96 bits per heavy atom. The van der Waals surface area contributed by atoms with E-state index in [2.05, 4.69) is 5.32 Å². The molecule has 0 bridgehead atoms. The van der Waals surface area contributed by atoms with Gasteiger partial charge in [-0.15, -0.1) is 0 Å². The highest BCUT2D eigenvalue weighted by Gasteiger charge is 2.27. The van der Waals surface area contributed by atoms with Crippen molar-refractivity contribution < 1.29 is 23.1 Å². The normalized spacial score (nSPS) is 16.6. The number of methoxy groups -OCH3 is 1. The van der Waals surface area contributed by atoms with Crippen LogP contribution >= 0.6 is 0 Å². The number of halogens is 2. The highest BCUT2D eigenvalue weighted by molar-refractivity contribution is 5.76. The monoisotopic (exact) mass is 340 g/mol. The molecule has 1 aliphatic heterocycles. The fourth-order valence-electron chi connectivity index (χ4n) is 2.77. The minimum absolute atomic E-state index is 0.142. The molecule has 1 aliphatic rings. The second-order valence-electron chi connectivity index (χ2n) is 6.05. The molecule has 0 aliphatic carbocycles. The zero-order valence-electron chi connectivity index (χ0n) is 13.9. The maximum Gasteiger partial charge on any atom is 0.317 e. The second-order valence-corrected chi connectivity index (χ2v) is 6.05. The van der Waals surface area contributed by atoms with Crippen LogP contribution in [0.3, 0.4) is 0 Å². The summed E-state index contributed by atoms with van der Waals surface area (Å²) in [6.45, 7) is 3.13. The Labute approximate surface area is 140 Å². The molecule has 24 heavy (non-hydrogen) atoms. The van der Waals surface area contributed by atoms with Crippen molar-refractivity contribution in [2.45, 2.75) is 25.7 Å². The van der Waals surface area contributed by atoms with E-state index in [1.54, 1.807) is 4.90 Å². The molecular weight excluding hydrogens is 318 g/mol. The van der Waals surface area contributed by atoms with Gasteiger partial charge in [-0.3, -0.25) is 4.79 Å². The fourth-order valence-corrected chi connectivity index (χ4v) is 2.77. The first kappa shape index (κ1) is 18.2. The van der Waals surface area contributed by atoms with Gasteiger partial charge in [0.2, 0.25) is 0 Å². The topological polar surface area (TPSA) is 58.6 Å². The Kier molecular flexibility index (Phi) is 6.11. The largest absolute Gasteiger partial charge is 0.469 e. The van der Waals surface area contributed by atoms with Gasteiger partial charge in [0.25, 0.3) is 0 Å². The number of benzene rings is 1. The summed E-state index contributed by atoms with van der Waals surface area (Å²) < 4.78 is 30.9. The average Bonchev–Trinajstić information content (AvgIpc) is 2.61. The van der Waals surface area contributed by atoms with E-state index in [-0.39, 0.29) is 23.8 Å². The number of hydrogen-bond donors (Lipinski definition) is 1. The molecule has 1 N–H and O–H groups in total. The molecule has 1 heterocycles. The van der Waals surface area contributed by atoms with Gasteiger partial charge in [0.15, 0.2) is 11.6 Å². The van der Waals surface area contributed by atoms with Crippen molar-refractivity contribution in [3.05, 3.63) is 35.4 Å². The standard InChI is InChI=1S/C17H22F2N2O3/c1-11(13-3-4-14(18)15(19)9-13)10-20-17(23)21-7-5-12(6-8-21)16(22)24-2/h3-4,9,11-12H,5-8,10H2,1-2H3,(H,20,23)/t11-/m1/s1. The molecule has 0 spiro atoms. The van der Waals surface area contributed by atoms with Crippen molar-refractivity contribution in [2.24, 2.45) is 5.92 Å². The maximum atomic E-state index is 13.3. The quantitative estimate of drug-likeness (QED) is 0.858. The zero-order chi connectivity index (χ0) is 17.7. The number of rotatable bonds is 4. The molecule has 1 aromatic rings. The number of amides is 2. The van der Waals surface area contributed by atoms with E-state index in [0.29, 0.717) is 38.0 Å². The molecule has 1 saturated heterocycles. The van der Waals surface area contributed by atoms with E-state index in [4.69, 9.17) is 4.74 Å². The molecule has 1 atom stereocenters. The number of esters is 1. The maximum absolute atomic E-state index is 13.3. The summed E-state index contributed by atoms with van der Waals surface area (Å²) in [5, 5.41) is 2.80. The van der Waals surface area contributed by atoms with E-state index >= 15 is 0 Å². The molecule has 0 radical (unpaired) electrons.